The number of benzene rings is 2. The zero-order chi connectivity index (χ0) is 33.9. The van der Waals surface area contributed by atoms with E-state index in [1.165, 1.54) is 0 Å². The maximum absolute atomic E-state index is 14.9. The van der Waals surface area contributed by atoms with Crippen LogP contribution in [0.25, 0.3) is 0 Å². The van der Waals surface area contributed by atoms with Gasteiger partial charge in [0.25, 0.3) is 5.91 Å². The minimum atomic E-state index is -1.21. The van der Waals surface area contributed by atoms with Gasteiger partial charge >= 0.3 is 0 Å². The Labute approximate surface area is 279 Å². The van der Waals surface area contributed by atoms with Crippen LogP contribution in [-0.4, -0.2) is 88.7 Å². The molecule has 3 aliphatic rings. The van der Waals surface area contributed by atoms with Gasteiger partial charge in [-0.05, 0) is 69.9 Å². The Kier molecular flexibility index (Phi) is 10.3. The normalized spacial score (nSPS) is 26.5. The van der Waals surface area contributed by atoms with Gasteiger partial charge < -0.3 is 29.4 Å². The van der Waals surface area contributed by atoms with Crippen molar-refractivity contribution in [2.45, 2.75) is 76.8 Å². The summed E-state index contributed by atoms with van der Waals surface area (Å²) in [5.74, 6) is -2.43. The number of fused-ring (bicyclic) bond motifs is 1. The van der Waals surface area contributed by atoms with E-state index >= 15 is 0 Å². The van der Waals surface area contributed by atoms with E-state index in [2.05, 4.69) is 31.9 Å². The van der Waals surface area contributed by atoms with Crippen molar-refractivity contribution >= 4 is 29.1 Å². The summed E-state index contributed by atoms with van der Waals surface area (Å²) < 4.78 is 6.90. The standard InChI is InChI=1S/C38H50N4O5/c1-7-23-40(25-27-15-13-12-14-16-27)34(44)31-32-35(45)42(28(9-3)26-43)33(38(32)22-21-37(31,6)47-38)36(46)41(24-8-2)30-19-17-29(18-20-30)39(10-4)11-5/h7-8,12-20,28,31-33,43H,1-2,9-11,21-26H2,3-6H3/t28-,31+,32-,33?,37-,38?/m0/s1. The molecule has 252 valence electrons. The molecule has 2 bridgehead atoms. The molecule has 6 atom stereocenters. The highest BCUT2D eigenvalue weighted by atomic mass is 16.5. The lowest BCUT2D eigenvalue weighted by Crippen LogP contribution is -2.59. The Morgan fingerprint density at radius 2 is 1.62 bits per heavy atom. The lowest BCUT2D eigenvalue weighted by molar-refractivity contribution is -0.152. The maximum atomic E-state index is 14.9. The van der Waals surface area contributed by atoms with Gasteiger partial charge in [-0.2, -0.15) is 0 Å². The van der Waals surface area contributed by atoms with Crippen molar-refractivity contribution < 1.29 is 24.2 Å². The fraction of sp³-hybridized carbons (Fsp3) is 0.500. The second-order valence-corrected chi connectivity index (χ2v) is 13.1. The third-order valence-electron chi connectivity index (χ3n) is 10.5. The van der Waals surface area contributed by atoms with Crippen LogP contribution in [-0.2, 0) is 25.7 Å². The number of amides is 3. The van der Waals surface area contributed by atoms with Gasteiger partial charge in [0.15, 0.2) is 0 Å². The van der Waals surface area contributed by atoms with E-state index in [9.17, 15) is 19.5 Å². The lowest BCUT2D eigenvalue weighted by Gasteiger charge is -2.39. The largest absolute Gasteiger partial charge is 0.394 e. The van der Waals surface area contributed by atoms with Crippen LogP contribution in [0.1, 0.15) is 52.5 Å². The lowest BCUT2D eigenvalue weighted by atomic mass is 9.66. The fourth-order valence-corrected chi connectivity index (χ4v) is 8.25. The van der Waals surface area contributed by atoms with Crippen LogP contribution in [0.3, 0.4) is 0 Å². The minimum Gasteiger partial charge on any atom is -0.394 e. The fourth-order valence-electron chi connectivity index (χ4n) is 8.25. The van der Waals surface area contributed by atoms with Gasteiger partial charge in [-0.1, -0.05) is 49.4 Å². The molecule has 9 nitrogen and oxygen atoms in total. The quantitative estimate of drug-likeness (QED) is 0.281. The van der Waals surface area contributed by atoms with E-state index in [-0.39, 0.29) is 30.9 Å². The summed E-state index contributed by atoms with van der Waals surface area (Å²) in [5.41, 5.74) is 0.574. The van der Waals surface area contributed by atoms with Crippen molar-refractivity contribution in [2.75, 3.05) is 42.6 Å². The van der Waals surface area contributed by atoms with Gasteiger partial charge in [0.2, 0.25) is 11.8 Å². The molecule has 3 amide bonds. The highest BCUT2D eigenvalue weighted by molar-refractivity contribution is 6.05. The summed E-state index contributed by atoms with van der Waals surface area (Å²) in [5, 5.41) is 10.5. The number of carbonyl (C=O) groups excluding carboxylic acids is 3. The number of aliphatic hydroxyl groups excluding tert-OH is 1. The van der Waals surface area contributed by atoms with Crippen molar-refractivity contribution in [1.82, 2.24) is 9.80 Å². The second-order valence-electron chi connectivity index (χ2n) is 13.1. The van der Waals surface area contributed by atoms with Crippen LogP contribution >= 0.6 is 0 Å². The van der Waals surface area contributed by atoms with E-state index in [0.717, 1.165) is 24.3 Å². The molecule has 3 saturated heterocycles. The van der Waals surface area contributed by atoms with Gasteiger partial charge in [-0.3, -0.25) is 14.4 Å². The number of hydrogen-bond donors (Lipinski definition) is 1. The van der Waals surface area contributed by atoms with Crippen LogP contribution in [0.4, 0.5) is 11.4 Å². The van der Waals surface area contributed by atoms with Gasteiger partial charge in [0, 0.05) is 44.1 Å². The summed E-state index contributed by atoms with van der Waals surface area (Å²) >= 11 is 0. The Morgan fingerprint density at radius 1 is 0.979 bits per heavy atom. The highest BCUT2D eigenvalue weighted by Crippen LogP contribution is 2.64. The molecule has 3 heterocycles. The van der Waals surface area contributed by atoms with E-state index in [1.54, 1.807) is 26.9 Å². The van der Waals surface area contributed by atoms with Crippen molar-refractivity contribution in [3.63, 3.8) is 0 Å². The predicted octanol–water partition coefficient (Wildman–Crippen LogP) is 4.80. The van der Waals surface area contributed by atoms with Crippen molar-refractivity contribution in [1.29, 1.82) is 0 Å². The number of aliphatic hydroxyl groups is 1. The highest BCUT2D eigenvalue weighted by Gasteiger charge is 2.78. The average Bonchev–Trinajstić information content (AvgIpc) is 3.65. The molecule has 3 aliphatic heterocycles. The molecule has 3 fully saturated rings. The smallest absolute Gasteiger partial charge is 0.253 e. The first-order valence-corrected chi connectivity index (χ1v) is 17.0. The van der Waals surface area contributed by atoms with Crippen LogP contribution in [0.2, 0.25) is 0 Å². The molecule has 47 heavy (non-hydrogen) atoms. The van der Waals surface area contributed by atoms with Crippen molar-refractivity contribution in [2.24, 2.45) is 11.8 Å². The Hall–Kier alpha value is -3.95. The van der Waals surface area contributed by atoms with Gasteiger partial charge in [0.05, 0.1) is 30.1 Å². The third kappa shape index (κ3) is 5.89. The third-order valence-corrected chi connectivity index (χ3v) is 10.5. The molecular formula is C38H50N4O5. The number of ether oxygens (including phenoxy) is 1. The maximum Gasteiger partial charge on any atom is 0.253 e. The van der Waals surface area contributed by atoms with Crippen LogP contribution in [0.5, 0.6) is 0 Å². The van der Waals surface area contributed by atoms with E-state index in [1.807, 2.05) is 68.4 Å². The Bertz CT molecular complexity index is 1460. The predicted molar refractivity (Wildman–Crippen MR) is 185 cm³/mol. The van der Waals surface area contributed by atoms with Gasteiger partial charge in [-0.15, -0.1) is 13.2 Å². The Morgan fingerprint density at radius 3 is 2.19 bits per heavy atom. The summed E-state index contributed by atoms with van der Waals surface area (Å²) in [6.45, 7) is 18.1. The Balaban J connectivity index is 1.56. The first-order chi connectivity index (χ1) is 22.6. The van der Waals surface area contributed by atoms with Crippen LogP contribution < -0.4 is 9.80 Å². The average molecular weight is 643 g/mol. The number of carbonyl (C=O) groups is 3. The SMILES string of the molecule is C=CCN(Cc1ccccc1)C(=O)[C@H]1[C@H]2C(=O)N([C@@H](CC)CO)C(C(=O)N(CC=C)c3ccc(N(CC)CC)cc3)C23CC[C@]1(C)O3. The molecule has 0 saturated carbocycles. The first kappa shape index (κ1) is 34.4. The van der Waals surface area contributed by atoms with Gasteiger partial charge in [-0.25, -0.2) is 0 Å². The second kappa shape index (κ2) is 14.0. The molecule has 9 heteroatoms. The zero-order valence-corrected chi connectivity index (χ0v) is 28.3. The molecule has 0 aliphatic carbocycles. The molecule has 5 rings (SSSR count). The summed E-state index contributed by atoms with van der Waals surface area (Å²) in [7, 11) is 0. The van der Waals surface area contributed by atoms with Crippen LogP contribution in [0.15, 0.2) is 79.9 Å². The topological polar surface area (TPSA) is 93.6 Å². The molecular weight excluding hydrogens is 592 g/mol. The molecule has 0 radical (unpaired) electrons. The number of nitrogens with zero attached hydrogens (tertiary/aromatic N) is 4. The summed E-state index contributed by atoms with van der Waals surface area (Å²) in [4.78, 5) is 51.4. The molecule has 1 spiro atoms. The van der Waals surface area contributed by atoms with Crippen LogP contribution in [0, 0.1) is 11.8 Å². The molecule has 0 aromatic heterocycles. The molecule has 2 aromatic carbocycles. The van der Waals surface area contributed by atoms with E-state index in [4.69, 9.17) is 4.74 Å². The number of rotatable bonds is 15. The zero-order valence-electron chi connectivity index (χ0n) is 28.3. The minimum absolute atomic E-state index is 0.184. The number of likely N-dealkylation sites (tertiary alicyclic amines) is 1. The number of anilines is 2. The van der Waals surface area contributed by atoms with Crippen molar-refractivity contribution in [3.8, 4) is 0 Å². The molecule has 2 unspecified atom stereocenters. The molecule has 1 N–H and O–H groups in total. The number of hydrogen-bond acceptors (Lipinski definition) is 6. The van der Waals surface area contributed by atoms with E-state index in [0.29, 0.717) is 38.0 Å². The van der Waals surface area contributed by atoms with Gasteiger partial charge in [0.1, 0.15) is 11.6 Å². The van der Waals surface area contributed by atoms with Crippen molar-refractivity contribution in [3.05, 3.63) is 85.5 Å². The van der Waals surface area contributed by atoms with E-state index < -0.39 is 35.1 Å². The monoisotopic (exact) mass is 642 g/mol. The summed E-state index contributed by atoms with van der Waals surface area (Å²) in [6.07, 6.45) is 4.81. The molecule has 2 aromatic rings. The first-order valence-electron chi connectivity index (χ1n) is 17.0. The summed E-state index contributed by atoms with van der Waals surface area (Å²) in [6, 6.07) is 16.0.